The van der Waals surface area contributed by atoms with E-state index in [9.17, 15) is 24.0 Å². The number of aryl methyl sites for hydroxylation is 3. The highest BCUT2D eigenvalue weighted by molar-refractivity contribution is 7.11. The minimum atomic E-state index is -1.75. The van der Waals surface area contributed by atoms with Crippen LogP contribution in [0.15, 0.2) is 101 Å². The molecule has 11 heterocycles. The van der Waals surface area contributed by atoms with Crippen LogP contribution in [0, 0.1) is 5.82 Å². The van der Waals surface area contributed by atoms with Gasteiger partial charge in [0.05, 0.1) is 39.3 Å². The summed E-state index contributed by atoms with van der Waals surface area (Å²) in [5.74, 6) is 0.468. The Morgan fingerprint density at radius 2 is 1.08 bits per heavy atom. The number of hydrogen-bond acceptors (Lipinski definition) is 24. The van der Waals surface area contributed by atoms with E-state index in [4.69, 9.17) is 40.3 Å². The average molecular weight is 1280 g/mol. The summed E-state index contributed by atoms with van der Waals surface area (Å²) >= 11 is 5.74. The molecular weight excluding hydrogens is 1210 g/mol. The van der Waals surface area contributed by atoms with Gasteiger partial charge in [0.15, 0.2) is 17.3 Å². The van der Waals surface area contributed by atoms with Crippen molar-refractivity contribution in [3.8, 4) is 11.3 Å². The van der Waals surface area contributed by atoms with Gasteiger partial charge in [0.1, 0.15) is 65.0 Å². The van der Waals surface area contributed by atoms with E-state index in [2.05, 4.69) is 66.1 Å². The lowest BCUT2D eigenvalue weighted by Gasteiger charge is -2.32. The van der Waals surface area contributed by atoms with Gasteiger partial charge in [0.25, 0.3) is 22.6 Å². The number of carbonyl (C=O) groups is 2. The fraction of sp³-hybridized carbons (Fsp3) is 0.397. The Balaban J connectivity index is 0.000000170. The molecule has 8 aromatic rings. The van der Waals surface area contributed by atoms with Gasteiger partial charge in [-0.05, 0) is 117 Å². The van der Waals surface area contributed by atoms with Crippen LogP contribution in [0.3, 0.4) is 0 Å². The van der Waals surface area contributed by atoms with Gasteiger partial charge in [-0.1, -0.05) is 25.4 Å². The first kappa shape index (κ1) is 68.9. The predicted octanol–water partition coefficient (Wildman–Crippen LogP) is 4.90. The van der Waals surface area contributed by atoms with E-state index < -0.39 is 44.0 Å². The molecule has 8 aromatic heterocycles. The van der Waals surface area contributed by atoms with E-state index in [1.165, 1.54) is 81.8 Å². The van der Waals surface area contributed by atoms with Crippen molar-refractivity contribution in [3.63, 3.8) is 0 Å². The first-order valence-electron chi connectivity index (χ1n) is 29.3. The normalized spacial score (nSPS) is 16.1. The average Bonchev–Trinajstić information content (AvgIpc) is 1.55. The number of aromatic nitrogens is 14. The topological polar surface area (TPSA) is 351 Å². The number of halogens is 2. The highest BCUT2D eigenvalue weighted by atomic mass is 35.5. The Bertz CT molecular complexity index is 4060. The minimum absolute atomic E-state index is 0.0174. The summed E-state index contributed by atoms with van der Waals surface area (Å²) < 4.78 is 44.3. The third-order valence-corrected chi connectivity index (χ3v) is 16.0. The zero-order valence-electron chi connectivity index (χ0n) is 53.2. The maximum Gasteiger partial charge on any atom is 0.510 e. The molecule has 5 N–H and O–H groups in total. The van der Waals surface area contributed by atoms with Gasteiger partial charge in [0.2, 0.25) is 0 Å². The van der Waals surface area contributed by atoms with Gasteiger partial charge in [0, 0.05) is 81.9 Å². The van der Waals surface area contributed by atoms with Crippen molar-refractivity contribution < 1.29 is 42.6 Å². The zero-order chi connectivity index (χ0) is 67.0. The van der Waals surface area contributed by atoms with Gasteiger partial charge >= 0.3 is 21.1 Å². The van der Waals surface area contributed by atoms with Crippen molar-refractivity contribution in [2.75, 3.05) is 27.4 Å². The van der Waals surface area contributed by atoms with Crippen LogP contribution in [0.5, 0.6) is 0 Å². The molecule has 4 aliphatic rings. The van der Waals surface area contributed by atoms with Gasteiger partial charge in [-0.3, -0.25) is 28.9 Å². The largest absolute Gasteiger partial charge is 0.510 e. The first-order valence-corrected chi connectivity index (χ1v) is 29.7. The van der Waals surface area contributed by atoms with Crippen molar-refractivity contribution in [1.29, 1.82) is 0 Å². The summed E-state index contributed by atoms with van der Waals surface area (Å²) in [5, 5.41) is 38.7. The second-order valence-electron chi connectivity index (χ2n) is 23.0. The Labute approximate surface area is 534 Å². The van der Waals surface area contributed by atoms with Gasteiger partial charge in [-0.25, -0.2) is 53.3 Å². The van der Waals surface area contributed by atoms with Crippen molar-refractivity contribution in [2.24, 2.45) is 21.1 Å². The lowest BCUT2D eigenvalue weighted by molar-refractivity contribution is 0.00578. The molecule has 12 rings (SSSR count). The summed E-state index contributed by atoms with van der Waals surface area (Å²) in [5.41, 5.74) is 0.434. The summed E-state index contributed by atoms with van der Waals surface area (Å²) in [6.07, 6.45) is 14.0. The monoisotopic (exact) mass is 1280 g/mol. The van der Waals surface area contributed by atoms with E-state index in [1.54, 1.807) is 35.0 Å². The van der Waals surface area contributed by atoms with Crippen molar-refractivity contribution in [1.82, 2.24) is 68.8 Å². The van der Waals surface area contributed by atoms with Crippen LogP contribution in [-0.2, 0) is 59.1 Å². The number of nitrogens with one attached hydrogen (secondary N) is 3. The Kier molecular flexibility index (Phi) is 21.5. The van der Waals surface area contributed by atoms with Crippen molar-refractivity contribution in [3.05, 3.63) is 151 Å². The maximum atomic E-state index is 15.4. The highest BCUT2D eigenvalue weighted by Crippen LogP contribution is 2.43. The highest BCUT2D eigenvalue weighted by Gasteiger charge is 2.63. The number of nitrogens with zero attached hydrogens (tertiary/aromatic N) is 15. The number of rotatable bonds is 11. The van der Waals surface area contributed by atoms with E-state index in [0.29, 0.717) is 59.2 Å². The molecule has 0 aromatic carbocycles. The minimum Gasteiger partial charge on any atom is -0.422 e. The van der Waals surface area contributed by atoms with E-state index in [0.717, 1.165) is 39.0 Å². The second-order valence-corrected chi connectivity index (χ2v) is 23.4. The van der Waals surface area contributed by atoms with Crippen LogP contribution in [-0.4, -0.2) is 141 Å². The molecule has 34 heteroatoms. The number of carbonyl (C=O) groups excluding carboxylic acids is 2. The molecule has 2 saturated heterocycles. The number of fused-ring (bicyclic) bond motifs is 3. The van der Waals surface area contributed by atoms with Gasteiger partial charge < -0.3 is 49.2 Å². The van der Waals surface area contributed by atoms with Gasteiger partial charge in [-0.15, -0.1) is 0 Å². The quantitative estimate of drug-likeness (QED) is 0.0848. The Morgan fingerprint density at radius 1 is 0.620 bits per heavy atom. The smallest absolute Gasteiger partial charge is 0.422 e. The van der Waals surface area contributed by atoms with Crippen LogP contribution < -0.4 is 43.1 Å². The van der Waals surface area contributed by atoms with Crippen LogP contribution in [0.1, 0.15) is 114 Å². The van der Waals surface area contributed by atoms with Crippen LogP contribution >= 0.6 is 11.6 Å². The number of aldehydes is 1. The number of pyridine rings is 1. The van der Waals surface area contributed by atoms with Crippen LogP contribution in [0.4, 0.5) is 44.7 Å². The molecule has 0 spiro atoms. The number of hydrogen-bond donors (Lipinski definition) is 5. The Morgan fingerprint density at radius 3 is 1.54 bits per heavy atom. The predicted molar refractivity (Wildman–Crippen MR) is 344 cm³/mol. The molecule has 3 aliphatic heterocycles. The molecule has 0 atom stereocenters. The van der Waals surface area contributed by atoms with Crippen molar-refractivity contribution >= 4 is 90.9 Å². The molecule has 0 unspecified atom stereocenters. The molecular formula is C58H71B3ClFN18O11. The second kappa shape index (κ2) is 28.7. The van der Waals surface area contributed by atoms with E-state index >= 15 is 4.39 Å². The fourth-order valence-corrected chi connectivity index (χ4v) is 9.99. The molecule has 1 amide bonds. The molecule has 0 bridgehead atoms. The Hall–Kier alpha value is -8.98. The van der Waals surface area contributed by atoms with Crippen LogP contribution in [0.2, 0.25) is 5.15 Å². The number of amides is 1. The molecule has 482 valence electrons. The fourth-order valence-electron chi connectivity index (χ4n) is 9.77. The zero-order valence-corrected chi connectivity index (χ0v) is 53.9. The molecule has 92 heavy (non-hydrogen) atoms. The summed E-state index contributed by atoms with van der Waals surface area (Å²) in [6, 6.07) is 10.6. The summed E-state index contributed by atoms with van der Waals surface area (Å²) in [4.78, 5) is 91.1. The number of anilines is 7. The SMILES string of the molecule is CC.CC1(C)OB(B2OC(C)(C)C(C)(C)O2)OC1(C)C.Cn1nc(-c2ccnc(N3CCn4c5c(c(F)c4C3=O)CCCC5)c2C=O)cc(Nc2ccncn2)c1=O.Cn1nc(B(O)O)cc(Nc2ccncn2)c1=O.Cn1nc(Cl)cc(Nc2ccncn2)c1=O. The molecule has 29 nitrogen and oxygen atoms in total. The van der Waals surface area contributed by atoms with Crippen molar-refractivity contribution in [2.45, 2.75) is 124 Å². The maximum absolute atomic E-state index is 15.4. The van der Waals surface area contributed by atoms with E-state index in [-0.39, 0.29) is 73.7 Å². The van der Waals surface area contributed by atoms with Gasteiger partial charge in [-0.2, -0.15) is 15.3 Å². The third kappa shape index (κ3) is 15.2. The third-order valence-electron chi connectivity index (χ3n) is 15.9. The lowest BCUT2D eigenvalue weighted by atomic mass is 9.49. The molecule has 0 radical (unpaired) electrons. The molecule has 0 saturated carbocycles. The molecule has 2 fully saturated rings. The first-order chi connectivity index (χ1) is 43.6. The molecule has 1 aliphatic carbocycles. The van der Waals surface area contributed by atoms with Crippen LogP contribution in [0.25, 0.3) is 11.3 Å². The standard InChI is InChI=1S/C26H23FN8O3.C12H24B2O4.C9H10BN5O3.C9H8ClN5O.C2H6/c1-33-25(37)19(31-21-7-8-28-14-30-21)12-18(32-33)15-6-9-29-24(17(15)13-36)35-11-10-34-20-5-3-2-4-16(20)22(27)23(34)26(35)38;1-9(2)10(3,4)16-13(15-9)14-17-11(5,6)12(7,8)18-14;1-15-9(16)6(4-7(14-15)10(17)18)13-8-2-3-11-5-12-8;1-15-9(16)6(4-7(10)14-15)13-8-2-3-11-5-12-8;1-2/h6-9,12-14H,2-5,10-11H2,1H3,(H,28,30,31);1-8H3;2-5,17-18H,1H3,(H,11,12,13);2-5H,1H3,(H,11,12,13);1-2H3. The lowest BCUT2D eigenvalue weighted by Crippen LogP contribution is -2.42. The summed E-state index contributed by atoms with van der Waals surface area (Å²) in [6.45, 7) is 20.9. The van der Waals surface area contributed by atoms with E-state index in [1.807, 2.05) is 69.2 Å². The summed E-state index contributed by atoms with van der Waals surface area (Å²) in [7, 11) is 1.74.